The SMILES string of the molecule is CCOc1ccc(C2/C(=C(/O)c3ccc(C)cc3)C(=O)C(=O)N2CCOC(C)C)cc1. The molecule has 0 aliphatic carbocycles. The van der Waals surface area contributed by atoms with Gasteiger partial charge in [0.05, 0.1) is 30.9 Å². The van der Waals surface area contributed by atoms with Gasteiger partial charge in [-0.05, 0) is 45.4 Å². The first kappa shape index (κ1) is 22.6. The molecule has 1 saturated heterocycles. The van der Waals surface area contributed by atoms with E-state index in [2.05, 4.69) is 0 Å². The molecule has 0 radical (unpaired) electrons. The number of aliphatic hydroxyl groups is 1. The van der Waals surface area contributed by atoms with E-state index in [1.807, 2.05) is 52.0 Å². The summed E-state index contributed by atoms with van der Waals surface area (Å²) in [6, 6.07) is 13.7. The maximum absolute atomic E-state index is 13.0. The van der Waals surface area contributed by atoms with Crippen molar-refractivity contribution < 1.29 is 24.2 Å². The number of Topliss-reactive ketones (excluding diaryl/α,β-unsaturated/α-hetero) is 1. The lowest BCUT2D eigenvalue weighted by atomic mass is 9.95. The third-order valence-electron chi connectivity index (χ3n) is 5.16. The number of benzene rings is 2. The van der Waals surface area contributed by atoms with E-state index >= 15 is 0 Å². The Morgan fingerprint density at radius 3 is 2.29 bits per heavy atom. The number of likely N-dealkylation sites (tertiary alicyclic amines) is 1. The van der Waals surface area contributed by atoms with Crippen molar-refractivity contribution in [2.24, 2.45) is 0 Å². The molecule has 0 spiro atoms. The number of amides is 1. The average Bonchev–Trinajstić information content (AvgIpc) is 2.99. The van der Waals surface area contributed by atoms with E-state index in [0.29, 0.717) is 24.5 Å². The van der Waals surface area contributed by atoms with E-state index in [-0.39, 0.29) is 24.0 Å². The molecule has 1 N–H and O–H groups in total. The molecule has 1 amide bonds. The number of ketones is 1. The van der Waals surface area contributed by atoms with Gasteiger partial charge >= 0.3 is 0 Å². The standard InChI is InChI=1S/C25H29NO5/c1-5-30-20-12-10-18(11-13-20)22-21(23(27)19-8-6-17(4)7-9-19)24(28)25(29)26(22)14-15-31-16(2)3/h6-13,16,22,27H,5,14-15H2,1-4H3/b23-21-. The number of carbonyl (C=O) groups excluding carboxylic acids is 2. The monoisotopic (exact) mass is 423 g/mol. The van der Waals surface area contributed by atoms with Crippen molar-refractivity contribution >= 4 is 17.4 Å². The van der Waals surface area contributed by atoms with Gasteiger partial charge in [-0.15, -0.1) is 0 Å². The molecule has 31 heavy (non-hydrogen) atoms. The Morgan fingerprint density at radius 1 is 1.06 bits per heavy atom. The number of aryl methyl sites for hydroxylation is 1. The minimum atomic E-state index is -0.701. The van der Waals surface area contributed by atoms with Crippen molar-refractivity contribution in [2.45, 2.75) is 39.8 Å². The van der Waals surface area contributed by atoms with E-state index < -0.39 is 17.7 Å². The summed E-state index contributed by atoms with van der Waals surface area (Å²) in [4.78, 5) is 27.3. The first-order chi connectivity index (χ1) is 14.8. The summed E-state index contributed by atoms with van der Waals surface area (Å²) < 4.78 is 11.1. The largest absolute Gasteiger partial charge is 0.507 e. The van der Waals surface area contributed by atoms with E-state index in [9.17, 15) is 14.7 Å². The van der Waals surface area contributed by atoms with Gasteiger partial charge in [-0.2, -0.15) is 0 Å². The molecule has 2 aromatic carbocycles. The number of nitrogens with zero attached hydrogens (tertiary/aromatic N) is 1. The summed E-state index contributed by atoms with van der Waals surface area (Å²) in [5.74, 6) is -0.809. The zero-order valence-electron chi connectivity index (χ0n) is 18.4. The Bertz CT molecular complexity index is 960. The number of hydrogen-bond acceptors (Lipinski definition) is 5. The van der Waals surface area contributed by atoms with Crippen LogP contribution < -0.4 is 4.74 Å². The highest BCUT2D eigenvalue weighted by molar-refractivity contribution is 6.46. The molecular weight excluding hydrogens is 394 g/mol. The Balaban J connectivity index is 2.05. The highest BCUT2D eigenvalue weighted by atomic mass is 16.5. The van der Waals surface area contributed by atoms with Gasteiger partial charge in [0.15, 0.2) is 0 Å². The molecule has 3 rings (SSSR count). The molecule has 1 heterocycles. The number of aliphatic hydroxyl groups excluding tert-OH is 1. The molecule has 0 bridgehead atoms. The fraction of sp³-hybridized carbons (Fsp3) is 0.360. The smallest absolute Gasteiger partial charge is 0.295 e. The van der Waals surface area contributed by atoms with Crippen LogP contribution in [0.25, 0.3) is 5.76 Å². The van der Waals surface area contributed by atoms with Gasteiger partial charge in [-0.3, -0.25) is 9.59 Å². The number of hydrogen-bond donors (Lipinski definition) is 1. The summed E-state index contributed by atoms with van der Waals surface area (Å²) in [5, 5.41) is 11.0. The summed E-state index contributed by atoms with van der Waals surface area (Å²) in [6.45, 7) is 8.74. The summed E-state index contributed by atoms with van der Waals surface area (Å²) >= 11 is 0. The highest BCUT2D eigenvalue weighted by Crippen LogP contribution is 2.39. The van der Waals surface area contributed by atoms with Gasteiger partial charge in [0.2, 0.25) is 0 Å². The van der Waals surface area contributed by atoms with Crippen LogP contribution >= 0.6 is 0 Å². The molecule has 1 atom stereocenters. The van der Waals surface area contributed by atoms with Gasteiger partial charge in [-0.25, -0.2) is 0 Å². The van der Waals surface area contributed by atoms with E-state index in [1.54, 1.807) is 24.3 Å². The quantitative estimate of drug-likeness (QED) is 0.390. The molecule has 0 saturated carbocycles. The van der Waals surface area contributed by atoms with E-state index in [1.165, 1.54) is 4.90 Å². The van der Waals surface area contributed by atoms with Crippen molar-refractivity contribution in [1.29, 1.82) is 0 Å². The predicted molar refractivity (Wildman–Crippen MR) is 119 cm³/mol. The zero-order valence-corrected chi connectivity index (χ0v) is 18.4. The van der Waals surface area contributed by atoms with Crippen molar-refractivity contribution in [3.63, 3.8) is 0 Å². The second kappa shape index (κ2) is 9.79. The van der Waals surface area contributed by atoms with E-state index in [4.69, 9.17) is 9.47 Å². The number of carbonyl (C=O) groups is 2. The van der Waals surface area contributed by atoms with Crippen LogP contribution in [-0.2, 0) is 14.3 Å². The van der Waals surface area contributed by atoms with Gasteiger partial charge < -0.3 is 19.5 Å². The maximum Gasteiger partial charge on any atom is 0.295 e. The molecular formula is C25H29NO5. The fourth-order valence-corrected chi connectivity index (χ4v) is 3.62. The van der Waals surface area contributed by atoms with Gasteiger partial charge in [0.25, 0.3) is 11.7 Å². The Labute approximate surface area is 183 Å². The third kappa shape index (κ3) is 4.97. The molecule has 6 nitrogen and oxygen atoms in total. The molecule has 1 unspecified atom stereocenters. The van der Waals surface area contributed by atoms with Crippen LogP contribution in [0.1, 0.15) is 43.5 Å². The summed E-state index contributed by atoms with van der Waals surface area (Å²) in [6.07, 6.45) is 0.00769. The normalized spacial score (nSPS) is 18.1. The lowest BCUT2D eigenvalue weighted by Gasteiger charge is -2.25. The first-order valence-corrected chi connectivity index (χ1v) is 10.5. The molecule has 1 aliphatic rings. The molecule has 0 aromatic heterocycles. The maximum atomic E-state index is 13.0. The van der Waals surface area contributed by atoms with Crippen LogP contribution in [0.5, 0.6) is 5.75 Å². The fourth-order valence-electron chi connectivity index (χ4n) is 3.62. The van der Waals surface area contributed by atoms with Gasteiger partial charge in [0, 0.05) is 12.1 Å². The topological polar surface area (TPSA) is 76.1 Å². The van der Waals surface area contributed by atoms with Crippen molar-refractivity contribution in [3.05, 3.63) is 70.8 Å². The van der Waals surface area contributed by atoms with Crippen LogP contribution in [0.3, 0.4) is 0 Å². The Kier molecular flexibility index (Phi) is 7.13. The highest BCUT2D eigenvalue weighted by Gasteiger charge is 2.45. The Hall–Kier alpha value is -3.12. The van der Waals surface area contributed by atoms with Crippen LogP contribution in [0.15, 0.2) is 54.1 Å². The predicted octanol–water partition coefficient (Wildman–Crippen LogP) is 4.24. The molecule has 1 fully saturated rings. The second-order valence-corrected chi connectivity index (χ2v) is 7.78. The second-order valence-electron chi connectivity index (χ2n) is 7.78. The lowest BCUT2D eigenvalue weighted by Crippen LogP contribution is -2.33. The van der Waals surface area contributed by atoms with Crippen LogP contribution in [0.4, 0.5) is 0 Å². The lowest BCUT2D eigenvalue weighted by molar-refractivity contribution is -0.140. The van der Waals surface area contributed by atoms with Crippen molar-refractivity contribution in [1.82, 2.24) is 4.90 Å². The number of ether oxygens (including phenoxy) is 2. The summed E-state index contributed by atoms with van der Waals surface area (Å²) in [7, 11) is 0. The van der Waals surface area contributed by atoms with Crippen LogP contribution in [0.2, 0.25) is 0 Å². The van der Waals surface area contributed by atoms with Crippen molar-refractivity contribution in [3.8, 4) is 5.75 Å². The van der Waals surface area contributed by atoms with Crippen molar-refractivity contribution in [2.75, 3.05) is 19.8 Å². The molecule has 164 valence electrons. The molecule has 6 heteroatoms. The average molecular weight is 424 g/mol. The minimum absolute atomic E-state index is 0.00769. The van der Waals surface area contributed by atoms with Gasteiger partial charge in [0.1, 0.15) is 11.5 Å². The summed E-state index contributed by atoms with van der Waals surface area (Å²) in [5.41, 5.74) is 2.34. The zero-order chi connectivity index (χ0) is 22.5. The Morgan fingerprint density at radius 2 is 1.71 bits per heavy atom. The van der Waals surface area contributed by atoms with Gasteiger partial charge in [-0.1, -0.05) is 42.0 Å². The first-order valence-electron chi connectivity index (χ1n) is 10.5. The van der Waals surface area contributed by atoms with E-state index in [0.717, 1.165) is 11.1 Å². The number of rotatable bonds is 8. The third-order valence-corrected chi connectivity index (χ3v) is 5.16. The van der Waals surface area contributed by atoms with Crippen LogP contribution in [-0.4, -0.2) is 47.6 Å². The van der Waals surface area contributed by atoms with Crippen LogP contribution in [0, 0.1) is 6.92 Å². The minimum Gasteiger partial charge on any atom is -0.507 e. The molecule has 1 aliphatic heterocycles. The molecule has 2 aromatic rings.